The molecule has 0 saturated carbocycles. The second-order valence-electron chi connectivity index (χ2n) is 3.46. The Balaban J connectivity index is 2.29. The Bertz CT molecular complexity index is 110. The fourth-order valence-electron chi connectivity index (χ4n) is 1.91. The van der Waals surface area contributed by atoms with Crippen LogP contribution in [0.3, 0.4) is 0 Å². The maximum atomic E-state index is 8.83. The second-order valence-corrected chi connectivity index (χ2v) is 3.46. The molecule has 1 fully saturated rings. The summed E-state index contributed by atoms with van der Waals surface area (Å²) in [7, 11) is 1.97. The molecule has 3 N–H and O–H groups in total. The SMILES string of the molecule is CN[C@@H](CCO)[C@@H]1CCCCN1. The molecule has 1 aliphatic heterocycles. The predicted molar refractivity (Wildman–Crippen MR) is 50.2 cm³/mol. The molecule has 2 atom stereocenters. The first-order valence-corrected chi connectivity index (χ1v) is 4.90. The third kappa shape index (κ3) is 2.73. The first kappa shape index (κ1) is 9.96. The molecule has 0 spiro atoms. The van der Waals surface area contributed by atoms with Crippen LogP contribution in [-0.2, 0) is 0 Å². The maximum Gasteiger partial charge on any atom is 0.0446 e. The van der Waals surface area contributed by atoms with E-state index in [0.29, 0.717) is 12.1 Å². The summed E-state index contributed by atoms with van der Waals surface area (Å²) < 4.78 is 0. The molecular weight excluding hydrogens is 152 g/mol. The number of aliphatic hydroxyl groups excluding tert-OH is 1. The monoisotopic (exact) mass is 172 g/mol. The minimum absolute atomic E-state index is 0.281. The Kier molecular flexibility index (Phi) is 4.58. The third-order valence-corrected chi connectivity index (χ3v) is 2.65. The third-order valence-electron chi connectivity index (χ3n) is 2.65. The highest BCUT2D eigenvalue weighted by atomic mass is 16.3. The van der Waals surface area contributed by atoms with E-state index >= 15 is 0 Å². The van der Waals surface area contributed by atoms with Gasteiger partial charge in [0.25, 0.3) is 0 Å². The molecule has 0 radical (unpaired) electrons. The van der Waals surface area contributed by atoms with Gasteiger partial charge < -0.3 is 15.7 Å². The number of likely N-dealkylation sites (N-methyl/N-ethyl adjacent to an activating group) is 1. The highest BCUT2D eigenvalue weighted by Crippen LogP contribution is 2.11. The van der Waals surface area contributed by atoms with Crippen molar-refractivity contribution in [3.63, 3.8) is 0 Å². The lowest BCUT2D eigenvalue weighted by atomic mass is 9.96. The zero-order valence-corrected chi connectivity index (χ0v) is 7.84. The predicted octanol–water partition coefficient (Wildman–Crippen LogP) is 0.0989. The number of hydrogen-bond acceptors (Lipinski definition) is 3. The van der Waals surface area contributed by atoms with Crippen molar-refractivity contribution >= 4 is 0 Å². The molecule has 72 valence electrons. The first-order valence-electron chi connectivity index (χ1n) is 4.90. The van der Waals surface area contributed by atoms with Crippen molar-refractivity contribution in [2.75, 3.05) is 20.2 Å². The van der Waals surface area contributed by atoms with E-state index in [0.717, 1.165) is 13.0 Å². The summed E-state index contributed by atoms with van der Waals surface area (Å²) in [6.45, 7) is 1.41. The van der Waals surface area contributed by atoms with Gasteiger partial charge in [0.05, 0.1) is 0 Å². The van der Waals surface area contributed by atoms with Gasteiger partial charge in [-0.3, -0.25) is 0 Å². The molecule has 1 rings (SSSR count). The molecule has 0 aromatic carbocycles. The van der Waals surface area contributed by atoms with E-state index in [-0.39, 0.29) is 6.61 Å². The van der Waals surface area contributed by atoms with Crippen LogP contribution in [0.2, 0.25) is 0 Å². The van der Waals surface area contributed by atoms with Gasteiger partial charge in [-0.25, -0.2) is 0 Å². The smallest absolute Gasteiger partial charge is 0.0446 e. The van der Waals surface area contributed by atoms with E-state index in [2.05, 4.69) is 10.6 Å². The van der Waals surface area contributed by atoms with Gasteiger partial charge in [-0.2, -0.15) is 0 Å². The summed E-state index contributed by atoms with van der Waals surface area (Å²) in [5, 5.41) is 15.6. The van der Waals surface area contributed by atoms with Gasteiger partial charge in [-0.05, 0) is 32.9 Å². The molecular formula is C9H20N2O. The Morgan fingerprint density at radius 1 is 1.58 bits per heavy atom. The molecule has 0 unspecified atom stereocenters. The van der Waals surface area contributed by atoms with Crippen LogP contribution in [0.25, 0.3) is 0 Å². The van der Waals surface area contributed by atoms with Crippen molar-refractivity contribution in [2.24, 2.45) is 0 Å². The summed E-state index contributed by atoms with van der Waals surface area (Å²) in [5.41, 5.74) is 0. The van der Waals surface area contributed by atoms with Gasteiger partial charge in [0.15, 0.2) is 0 Å². The van der Waals surface area contributed by atoms with Crippen LogP contribution in [-0.4, -0.2) is 37.4 Å². The molecule has 3 heteroatoms. The normalized spacial score (nSPS) is 27.0. The molecule has 0 amide bonds. The van der Waals surface area contributed by atoms with Crippen molar-refractivity contribution in [3.05, 3.63) is 0 Å². The van der Waals surface area contributed by atoms with Crippen LogP contribution in [0.5, 0.6) is 0 Å². The molecule has 0 bridgehead atoms. The number of aliphatic hydroxyl groups is 1. The Morgan fingerprint density at radius 3 is 2.92 bits per heavy atom. The summed E-state index contributed by atoms with van der Waals surface area (Å²) in [6, 6.07) is 1.01. The fourth-order valence-corrected chi connectivity index (χ4v) is 1.91. The summed E-state index contributed by atoms with van der Waals surface area (Å²) in [5.74, 6) is 0. The molecule has 0 aliphatic carbocycles. The second kappa shape index (κ2) is 5.51. The van der Waals surface area contributed by atoms with E-state index in [4.69, 9.17) is 5.11 Å². The Morgan fingerprint density at radius 2 is 2.42 bits per heavy atom. The quantitative estimate of drug-likeness (QED) is 0.563. The van der Waals surface area contributed by atoms with Gasteiger partial charge in [0, 0.05) is 18.7 Å². The van der Waals surface area contributed by atoms with Crippen LogP contribution < -0.4 is 10.6 Å². The van der Waals surface area contributed by atoms with E-state index in [1.807, 2.05) is 7.05 Å². The van der Waals surface area contributed by atoms with E-state index in [1.165, 1.54) is 19.3 Å². The lowest BCUT2D eigenvalue weighted by Gasteiger charge is -2.30. The fraction of sp³-hybridized carbons (Fsp3) is 1.00. The average molecular weight is 172 g/mol. The average Bonchev–Trinajstić information content (AvgIpc) is 2.15. The Labute approximate surface area is 74.5 Å². The summed E-state index contributed by atoms with van der Waals surface area (Å²) in [6.07, 6.45) is 4.72. The molecule has 1 aliphatic rings. The van der Waals surface area contributed by atoms with Gasteiger partial charge >= 0.3 is 0 Å². The van der Waals surface area contributed by atoms with E-state index < -0.39 is 0 Å². The molecule has 3 nitrogen and oxygen atoms in total. The maximum absolute atomic E-state index is 8.83. The summed E-state index contributed by atoms with van der Waals surface area (Å²) in [4.78, 5) is 0. The van der Waals surface area contributed by atoms with Gasteiger partial charge in [0.1, 0.15) is 0 Å². The lowest BCUT2D eigenvalue weighted by Crippen LogP contribution is -2.49. The molecule has 12 heavy (non-hydrogen) atoms. The van der Waals surface area contributed by atoms with Gasteiger partial charge in [0.2, 0.25) is 0 Å². The van der Waals surface area contributed by atoms with Crippen LogP contribution in [0.15, 0.2) is 0 Å². The minimum atomic E-state index is 0.281. The first-order chi connectivity index (χ1) is 5.88. The largest absolute Gasteiger partial charge is 0.396 e. The van der Waals surface area contributed by atoms with Crippen molar-refractivity contribution in [2.45, 2.75) is 37.8 Å². The van der Waals surface area contributed by atoms with E-state index in [9.17, 15) is 0 Å². The molecule has 1 heterocycles. The van der Waals surface area contributed by atoms with Gasteiger partial charge in [-0.1, -0.05) is 6.42 Å². The number of rotatable bonds is 4. The van der Waals surface area contributed by atoms with Crippen LogP contribution in [0, 0.1) is 0 Å². The highest BCUT2D eigenvalue weighted by Gasteiger charge is 2.20. The van der Waals surface area contributed by atoms with Crippen LogP contribution in [0.1, 0.15) is 25.7 Å². The summed E-state index contributed by atoms with van der Waals surface area (Å²) >= 11 is 0. The van der Waals surface area contributed by atoms with Crippen molar-refractivity contribution in [3.8, 4) is 0 Å². The Hall–Kier alpha value is -0.120. The van der Waals surface area contributed by atoms with Crippen LogP contribution in [0.4, 0.5) is 0 Å². The zero-order chi connectivity index (χ0) is 8.81. The number of piperidine rings is 1. The number of nitrogens with one attached hydrogen (secondary N) is 2. The highest BCUT2D eigenvalue weighted by molar-refractivity contribution is 4.83. The molecule has 1 saturated heterocycles. The molecule has 0 aromatic rings. The minimum Gasteiger partial charge on any atom is -0.396 e. The van der Waals surface area contributed by atoms with Gasteiger partial charge in [-0.15, -0.1) is 0 Å². The molecule has 0 aromatic heterocycles. The van der Waals surface area contributed by atoms with Crippen LogP contribution >= 0.6 is 0 Å². The van der Waals surface area contributed by atoms with Crippen molar-refractivity contribution in [1.29, 1.82) is 0 Å². The van der Waals surface area contributed by atoms with Crippen molar-refractivity contribution in [1.82, 2.24) is 10.6 Å². The standard InChI is InChI=1S/C9H20N2O/c1-10-8(5-7-12)9-4-2-3-6-11-9/h8-12H,2-7H2,1H3/t8-,9-/m0/s1. The topological polar surface area (TPSA) is 44.3 Å². The van der Waals surface area contributed by atoms with E-state index in [1.54, 1.807) is 0 Å². The number of hydrogen-bond donors (Lipinski definition) is 3. The zero-order valence-electron chi connectivity index (χ0n) is 7.84. The lowest BCUT2D eigenvalue weighted by molar-refractivity contribution is 0.234. The van der Waals surface area contributed by atoms with Crippen molar-refractivity contribution < 1.29 is 5.11 Å².